The molecule has 0 aromatic carbocycles. The summed E-state index contributed by atoms with van der Waals surface area (Å²) in [7, 11) is 0. The smallest absolute Gasteiger partial charge is 0.306 e. The third-order valence-corrected chi connectivity index (χ3v) is 5.89. The van der Waals surface area contributed by atoms with Crippen LogP contribution in [0.4, 0.5) is 0 Å². The van der Waals surface area contributed by atoms with Crippen molar-refractivity contribution in [2.45, 2.75) is 69.4 Å². The molecule has 2 saturated carbocycles. The monoisotopic (exact) mass is 281 g/mol. The maximum atomic E-state index is 11.0. The van der Waals surface area contributed by atoms with E-state index in [-0.39, 0.29) is 5.92 Å². The number of rotatable bonds is 3. The lowest BCUT2D eigenvalue weighted by molar-refractivity contribution is -0.145. The first-order chi connectivity index (χ1) is 9.57. The van der Waals surface area contributed by atoms with Crippen LogP contribution in [0.1, 0.15) is 57.8 Å². The van der Waals surface area contributed by atoms with E-state index in [2.05, 4.69) is 4.90 Å². The Morgan fingerprint density at radius 2 is 1.80 bits per heavy atom. The molecule has 3 rings (SSSR count). The number of aliphatic hydroxyl groups is 1. The molecular weight excluding hydrogens is 254 g/mol. The van der Waals surface area contributed by atoms with Gasteiger partial charge in [-0.25, -0.2) is 0 Å². The van der Waals surface area contributed by atoms with Gasteiger partial charge in [0, 0.05) is 12.6 Å². The van der Waals surface area contributed by atoms with Crippen LogP contribution < -0.4 is 0 Å². The molecule has 2 atom stereocenters. The molecule has 0 amide bonds. The lowest BCUT2D eigenvalue weighted by Crippen LogP contribution is -2.48. The van der Waals surface area contributed by atoms with Crippen molar-refractivity contribution in [1.29, 1.82) is 0 Å². The van der Waals surface area contributed by atoms with Gasteiger partial charge in [-0.3, -0.25) is 9.69 Å². The predicted octanol–water partition coefficient (Wildman–Crippen LogP) is 2.26. The van der Waals surface area contributed by atoms with E-state index in [1.807, 2.05) is 0 Å². The summed E-state index contributed by atoms with van der Waals surface area (Å²) in [6.45, 7) is 1.89. The van der Waals surface area contributed by atoms with Crippen LogP contribution in [0.3, 0.4) is 0 Å². The van der Waals surface area contributed by atoms with Crippen molar-refractivity contribution in [1.82, 2.24) is 4.90 Å². The van der Waals surface area contributed by atoms with E-state index in [0.29, 0.717) is 31.7 Å². The van der Waals surface area contributed by atoms with Crippen LogP contribution in [0, 0.1) is 11.8 Å². The van der Waals surface area contributed by atoms with Gasteiger partial charge in [-0.05, 0) is 57.4 Å². The summed E-state index contributed by atoms with van der Waals surface area (Å²) in [4.78, 5) is 13.5. The minimum Gasteiger partial charge on any atom is -0.481 e. The average molecular weight is 281 g/mol. The fourth-order valence-electron chi connectivity index (χ4n) is 4.64. The average Bonchev–Trinajstić information content (AvgIpc) is 2.82. The molecule has 0 radical (unpaired) electrons. The molecule has 2 aliphatic carbocycles. The summed E-state index contributed by atoms with van der Waals surface area (Å²) in [6, 6.07) is 0.685. The number of hydrogen-bond donors (Lipinski definition) is 2. The summed E-state index contributed by atoms with van der Waals surface area (Å²) in [5, 5.41) is 19.8. The first kappa shape index (κ1) is 14.3. The number of hydrogen-bond acceptors (Lipinski definition) is 3. The van der Waals surface area contributed by atoms with Crippen molar-refractivity contribution in [3.8, 4) is 0 Å². The van der Waals surface area contributed by atoms with Crippen LogP contribution >= 0.6 is 0 Å². The maximum absolute atomic E-state index is 11.0. The number of likely N-dealkylation sites (tertiary alicyclic amines) is 1. The molecule has 0 aromatic rings. The van der Waals surface area contributed by atoms with Gasteiger partial charge in [0.2, 0.25) is 0 Å². The molecule has 1 aliphatic heterocycles. The van der Waals surface area contributed by atoms with Crippen LogP contribution in [0.25, 0.3) is 0 Å². The second kappa shape index (κ2) is 5.64. The molecule has 114 valence electrons. The summed E-state index contributed by atoms with van der Waals surface area (Å²) in [5.41, 5.74) is -0.641. The van der Waals surface area contributed by atoms with Crippen molar-refractivity contribution >= 4 is 5.97 Å². The highest BCUT2D eigenvalue weighted by atomic mass is 16.4. The number of aliphatic carboxylic acids is 1. The molecular formula is C16H27NO3. The number of carbonyl (C=O) groups is 1. The van der Waals surface area contributed by atoms with Gasteiger partial charge in [0.05, 0.1) is 11.5 Å². The largest absolute Gasteiger partial charge is 0.481 e. The minimum atomic E-state index is -0.694. The fraction of sp³-hybridized carbons (Fsp3) is 0.938. The first-order valence-electron chi connectivity index (χ1n) is 8.27. The zero-order valence-electron chi connectivity index (χ0n) is 12.3. The zero-order chi connectivity index (χ0) is 14.2. The Bertz CT molecular complexity index is 363. The van der Waals surface area contributed by atoms with Gasteiger partial charge in [-0.15, -0.1) is 0 Å². The number of carboxylic acid groups (broad SMARTS) is 1. The van der Waals surface area contributed by atoms with Crippen molar-refractivity contribution < 1.29 is 15.0 Å². The molecule has 2 unspecified atom stereocenters. The third kappa shape index (κ3) is 2.86. The molecule has 2 N–H and O–H groups in total. The van der Waals surface area contributed by atoms with Crippen LogP contribution in [0.15, 0.2) is 0 Å². The Hall–Kier alpha value is -0.610. The highest BCUT2D eigenvalue weighted by Gasteiger charge is 2.42. The Balaban J connectivity index is 1.56. The van der Waals surface area contributed by atoms with Crippen LogP contribution in [-0.2, 0) is 4.79 Å². The molecule has 1 saturated heterocycles. The SMILES string of the molecule is O=C(O)C1CCC(O)(CN2CCC3CCCCC32)CC1. The van der Waals surface area contributed by atoms with Gasteiger partial charge in [0.1, 0.15) is 0 Å². The van der Waals surface area contributed by atoms with E-state index in [9.17, 15) is 9.90 Å². The van der Waals surface area contributed by atoms with Crippen LogP contribution in [0.2, 0.25) is 0 Å². The quantitative estimate of drug-likeness (QED) is 0.833. The normalized spacial score (nSPS) is 42.4. The summed E-state index contributed by atoms with van der Waals surface area (Å²) < 4.78 is 0. The lowest BCUT2D eigenvalue weighted by atomic mass is 9.78. The van der Waals surface area contributed by atoms with E-state index in [1.165, 1.54) is 32.1 Å². The number of nitrogens with zero attached hydrogens (tertiary/aromatic N) is 1. The lowest BCUT2D eigenvalue weighted by Gasteiger charge is -2.40. The Labute approximate surface area is 121 Å². The van der Waals surface area contributed by atoms with Crippen LogP contribution in [-0.4, -0.2) is 45.8 Å². The van der Waals surface area contributed by atoms with Crippen LogP contribution in [0.5, 0.6) is 0 Å². The molecule has 20 heavy (non-hydrogen) atoms. The van der Waals surface area contributed by atoms with Gasteiger partial charge in [-0.2, -0.15) is 0 Å². The predicted molar refractivity (Wildman–Crippen MR) is 76.5 cm³/mol. The minimum absolute atomic E-state index is 0.240. The fourth-order valence-corrected chi connectivity index (χ4v) is 4.64. The number of fused-ring (bicyclic) bond motifs is 1. The third-order valence-electron chi connectivity index (χ3n) is 5.89. The topological polar surface area (TPSA) is 60.8 Å². The first-order valence-corrected chi connectivity index (χ1v) is 8.27. The molecule has 0 bridgehead atoms. The van der Waals surface area contributed by atoms with Gasteiger partial charge in [0.15, 0.2) is 0 Å². The second-order valence-electron chi connectivity index (χ2n) is 7.21. The van der Waals surface area contributed by atoms with E-state index in [0.717, 1.165) is 19.0 Å². The Morgan fingerprint density at radius 3 is 2.50 bits per heavy atom. The van der Waals surface area contributed by atoms with Crippen molar-refractivity contribution in [2.75, 3.05) is 13.1 Å². The molecule has 4 heteroatoms. The highest BCUT2D eigenvalue weighted by Crippen LogP contribution is 2.39. The molecule has 3 fully saturated rings. The van der Waals surface area contributed by atoms with Gasteiger partial charge in [-0.1, -0.05) is 12.8 Å². The van der Waals surface area contributed by atoms with Crippen molar-refractivity contribution in [3.63, 3.8) is 0 Å². The van der Waals surface area contributed by atoms with E-state index >= 15 is 0 Å². The molecule has 0 spiro atoms. The Kier molecular flexibility index (Phi) is 4.04. The van der Waals surface area contributed by atoms with E-state index in [1.54, 1.807) is 0 Å². The molecule has 4 nitrogen and oxygen atoms in total. The zero-order valence-corrected chi connectivity index (χ0v) is 12.3. The summed E-state index contributed by atoms with van der Waals surface area (Å²) in [5.74, 6) is -0.0837. The van der Waals surface area contributed by atoms with Gasteiger partial charge < -0.3 is 10.2 Å². The Morgan fingerprint density at radius 1 is 1.10 bits per heavy atom. The maximum Gasteiger partial charge on any atom is 0.306 e. The number of β-amino-alcohol motifs (C(OH)–C–C–N with tert-alkyl or cyclic N) is 1. The summed E-state index contributed by atoms with van der Waals surface area (Å²) >= 11 is 0. The van der Waals surface area contributed by atoms with Crippen molar-refractivity contribution in [2.24, 2.45) is 11.8 Å². The molecule has 3 aliphatic rings. The summed E-state index contributed by atoms with van der Waals surface area (Å²) in [6.07, 6.45) is 9.21. The molecule has 1 heterocycles. The van der Waals surface area contributed by atoms with E-state index in [4.69, 9.17) is 5.11 Å². The van der Waals surface area contributed by atoms with Gasteiger partial charge >= 0.3 is 5.97 Å². The van der Waals surface area contributed by atoms with Crippen molar-refractivity contribution in [3.05, 3.63) is 0 Å². The standard InChI is InChI=1S/C16H27NO3/c18-15(19)13-5-8-16(20,9-6-13)11-17-10-7-12-3-1-2-4-14(12)17/h12-14,20H,1-11H2,(H,18,19). The molecule has 0 aromatic heterocycles. The number of carboxylic acids is 1. The second-order valence-corrected chi connectivity index (χ2v) is 7.21. The highest BCUT2D eigenvalue weighted by molar-refractivity contribution is 5.70. The van der Waals surface area contributed by atoms with Gasteiger partial charge in [0.25, 0.3) is 0 Å². The van der Waals surface area contributed by atoms with E-state index < -0.39 is 11.6 Å².